The standard InChI is InChI=1S/C16H13N5O3S/c22-14-3-1-2-13-12(14)8-20-15(17-13)18-16(19-20)25-9-10-4-6-11(7-5-10)21(23)24/h4-8H,1-3,9H2. The summed E-state index contributed by atoms with van der Waals surface area (Å²) in [6.45, 7) is 0. The average molecular weight is 355 g/mol. The van der Waals surface area contributed by atoms with E-state index in [2.05, 4.69) is 15.1 Å². The summed E-state index contributed by atoms with van der Waals surface area (Å²) in [5.41, 5.74) is 2.44. The van der Waals surface area contributed by atoms with Crippen molar-refractivity contribution in [3.05, 3.63) is 57.4 Å². The molecule has 0 saturated carbocycles. The van der Waals surface area contributed by atoms with Crippen molar-refractivity contribution in [2.75, 3.05) is 0 Å². The third-order valence-electron chi connectivity index (χ3n) is 4.02. The van der Waals surface area contributed by atoms with Gasteiger partial charge in [-0.2, -0.15) is 4.98 Å². The normalized spacial score (nSPS) is 13.8. The second kappa shape index (κ2) is 6.25. The van der Waals surface area contributed by atoms with Crippen LogP contribution < -0.4 is 0 Å². The third-order valence-corrected chi connectivity index (χ3v) is 4.93. The van der Waals surface area contributed by atoms with Crippen molar-refractivity contribution in [1.29, 1.82) is 0 Å². The predicted octanol–water partition coefficient (Wildman–Crippen LogP) is 2.84. The maximum absolute atomic E-state index is 12.0. The van der Waals surface area contributed by atoms with E-state index in [1.807, 2.05) is 0 Å². The van der Waals surface area contributed by atoms with Crippen LogP contribution in [0.15, 0.2) is 35.6 Å². The number of carbonyl (C=O) groups excluding carboxylic acids is 1. The molecule has 1 aliphatic rings. The molecule has 2 aromatic heterocycles. The van der Waals surface area contributed by atoms with Crippen LogP contribution in [0.3, 0.4) is 0 Å². The first-order chi connectivity index (χ1) is 12.1. The van der Waals surface area contributed by atoms with Crippen LogP contribution in [0, 0.1) is 10.1 Å². The van der Waals surface area contributed by atoms with Gasteiger partial charge in [-0.25, -0.2) is 9.50 Å². The van der Waals surface area contributed by atoms with Gasteiger partial charge in [0.25, 0.3) is 11.5 Å². The maximum Gasteiger partial charge on any atom is 0.269 e. The van der Waals surface area contributed by atoms with Crippen LogP contribution in [0.2, 0.25) is 0 Å². The smallest absolute Gasteiger partial charge is 0.269 e. The van der Waals surface area contributed by atoms with Crippen molar-refractivity contribution >= 4 is 29.0 Å². The monoisotopic (exact) mass is 355 g/mol. The Bertz CT molecular complexity index is 983. The summed E-state index contributed by atoms with van der Waals surface area (Å²) >= 11 is 1.42. The highest BCUT2D eigenvalue weighted by Gasteiger charge is 2.20. The summed E-state index contributed by atoms with van der Waals surface area (Å²) < 4.78 is 1.54. The lowest BCUT2D eigenvalue weighted by atomic mass is 9.96. The largest absolute Gasteiger partial charge is 0.294 e. The number of hydrogen-bond donors (Lipinski definition) is 0. The number of carbonyl (C=O) groups is 1. The van der Waals surface area contributed by atoms with Gasteiger partial charge in [-0.3, -0.25) is 14.9 Å². The molecule has 0 amide bonds. The number of ketones is 1. The van der Waals surface area contributed by atoms with E-state index in [1.165, 1.54) is 23.9 Å². The minimum atomic E-state index is -0.421. The Labute approximate surface area is 146 Å². The van der Waals surface area contributed by atoms with Gasteiger partial charge in [0.1, 0.15) is 0 Å². The fraction of sp³-hybridized carbons (Fsp3) is 0.250. The molecule has 0 spiro atoms. The molecule has 9 heteroatoms. The summed E-state index contributed by atoms with van der Waals surface area (Å²) in [5, 5.41) is 15.6. The van der Waals surface area contributed by atoms with E-state index in [0.717, 1.165) is 24.1 Å². The van der Waals surface area contributed by atoms with Gasteiger partial charge in [-0.1, -0.05) is 23.9 Å². The topological polar surface area (TPSA) is 103 Å². The molecule has 126 valence electrons. The minimum Gasteiger partial charge on any atom is -0.294 e. The first kappa shape index (κ1) is 15.7. The first-order valence-electron chi connectivity index (χ1n) is 7.76. The second-order valence-electron chi connectivity index (χ2n) is 5.73. The number of nitrogens with zero attached hydrogens (tertiary/aromatic N) is 5. The molecule has 0 radical (unpaired) electrons. The Hall–Kier alpha value is -2.81. The Morgan fingerprint density at radius 1 is 1.20 bits per heavy atom. The van der Waals surface area contributed by atoms with E-state index in [0.29, 0.717) is 28.7 Å². The molecule has 0 atom stereocenters. The highest BCUT2D eigenvalue weighted by atomic mass is 32.2. The van der Waals surface area contributed by atoms with Gasteiger partial charge >= 0.3 is 0 Å². The third kappa shape index (κ3) is 3.10. The number of nitro groups is 1. The Morgan fingerprint density at radius 3 is 2.76 bits per heavy atom. The van der Waals surface area contributed by atoms with Gasteiger partial charge in [0.05, 0.1) is 16.2 Å². The van der Waals surface area contributed by atoms with Gasteiger partial charge in [0, 0.05) is 30.5 Å². The molecule has 0 unspecified atom stereocenters. The van der Waals surface area contributed by atoms with E-state index < -0.39 is 4.92 Å². The molecule has 2 heterocycles. The van der Waals surface area contributed by atoms with Crippen molar-refractivity contribution in [3.8, 4) is 0 Å². The maximum atomic E-state index is 12.0. The van der Waals surface area contributed by atoms with E-state index in [9.17, 15) is 14.9 Å². The number of non-ortho nitro benzene ring substituents is 1. The van der Waals surface area contributed by atoms with Gasteiger partial charge in [0.2, 0.25) is 5.16 Å². The first-order valence-corrected chi connectivity index (χ1v) is 8.74. The number of hydrogen-bond acceptors (Lipinski definition) is 7. The molecule has 4 rings (SSSR count). The van der Waals surface area contributed by atoms with Crippen molar-refractivity contribution < 1.29 is 9.72 Å². The summed E-state index contributed by atoms with van der Waals surface area (Å²) in [6.07, 6.45) is 3.87. The summed E-state index contributed by atoms with van der Waals surface area (Å²) in [6, 6.07) is 6.40. The van der Waals surface area contributed by atoms with Crippen LogP contribution in [-0.2, 0) is 12.2 Å². The average Bonchev–Trinajstić information content (AvgIpc) is 3.01. The zero-order chi connectivity index (χ0) is 17.4. The molecule has 0 aliphatic heterocycles. The number of rotatable bonds is 4. The van der Waals surface area contributed by atoms with Crippen molar-refractivity contribution in [3.63, 3.8) is 0 Å². The molecule has 25 heavy (non-hydrogen) atoms. The molecule has 1 aliphatic carbocycles. The van der Waals surface area contributed by atoms with Gasteiger partial charge in [-0.05, 0) is 18.4 Å². The minimum absolute atomic E-state index is 0.0686. The van der Waals surface area contributed by atoms with E-state index in [1.54, 1.807) is 22.8 Å². The number of aryl methyl sites for hydroxylation is 1. The molecule has 0 bridgehead atoms. The lowest BCUT2D eigenvalue weighted by molar-refractivity contribution is -0.384. The number of nitro benzene ring substituents is 1. The van der Waals surface area contributed by atoms with Gasteiger partial charge < -0.3 is 0 Å². The van der Waals surface area contributed by atoms with Crippen molar-refractivity contribution in [2.45, 2.75) is 30.2 Å². The van der Waals surface area contributed by atoms with Crippen LogP contribution in [-0.4, -0.2) is 30.3 Å². The fourth-order valence-corrected chi connectivity index (χ4v) is 3.51. The summed E-state index contributed by atoms with van der Waals surface area (Å²) in [5.74, 6) is 1.18. The number of Topliss-reactive ketones (excluding diaryl/α,β-unsaturated/α-hetero) is 1. The predicted molar refractivity (Wildman–Crippen MR) is 90.7 cm³/mol. The second-order valence-corrected chi connectivity index (χ2v) is 6.67. The van der Waals surface area contributed by atoms with Crippen LogP contribution in [0.5, 0.6) is 0 Å². The van der Waals surface area contributed by atoms with Crippen LogP contribution in [0.25, 0.3) is 5.78 Å². The summed E-state index contributed by atoms with van der Waals surface area (Å²) in [7, 11) is 0. The highest BCUT2D eigenvalue weighted by molar-refractivity contribution is 7.98. The zero-order valence-corrected chi connectivity index (χ0v) is 13.9. The Kier molecular flexibility index (Phi) is 3.92. The lowest BCUT2D eigenvalue weighted by Crippen LogP contribution is -2.14. The summed E-state index contributed by atoms with van der Waals surface area (Å²) in [4.78, 5) is 31.1. The SMILES string of the molecule is O=C1CCCc2nc3nc(SCc4ccc([N+](=O)[O-])cc4)nn3cc21. The Morgan fingerprint density at radius 2 is 2.00 bits per heavy atom. The molecule has 0 N–H and O–H groups in total. The zero-order valence-electron chi connectivity index (χ0n) is 13.1. The molecular formula is C16H13N5O3S. The number of fused-ring (bicyclic) bond motifs is 2. The number of aromatic nitrogens is 4. The van der Waals surface area contributed by atoms with Gasteiger partial charge in [0.15, 0.2) is 5.78 Å². The molecular weight excluding hydrogens is 342 g/mol. The van der Waals surface area contributed by atoms with Crippen molar-refractivity contribution in [1.82, 2.24) is 19.6 Å². The molecule has 1 aromatic carbocycles. The fourth-order valence-electron chi connectivity index (χ4n) is 2.73. The number of benzene rings is 1. The van der Waals surface area contributed by atoms with E-state index in [4.69, 9.17) is 0 Å². The molecule has 0 saturated heterocycles. The Balaban J connectivity index is 1.54. The van der Waals surface area contributed by atoms with Crippen molar-refractivity contribution in [2.24, 2.45) is 0 Å². The number of thioether (sulfide) groups is 1. The molecule has 3 aromatic rings. The van der Waals surface area contributed by atoms with Crippen LogP contribution in [0.4, 0.5) is 5.69 Å². The molecule has 8 nitrogen and oxygen atoms in total. The quantitative estimate of drug-likeness (QED) is 0.403. The van der Waals surface area contributed by atoms with Crippen LogP contribution in [0.1, 0.15) is 34.5 Å². The van der Waals surface area contributed by atoms with Crippen LogP contribution >= 0.6 is 11.8 Å². The highest BCUT2D eigenvalue weighted by Crippen LogP contribution is 2.23. The van der Waals surface area contributed by atoms with E-state index >= 15 is 0 Å². The van der Waals surface area contributed by atoms with E-state index in [-0.39, 0.29) is 11.5 Å². The van der Waals surface area contributed by atoms with Gasteiger partial charge in [-0.15, -0.1) is 5.10 Å². The lowest BCUT2D eigenvalue weighted by Gasteiger charge is -2.12. The molecule has 0 fully saturated rings.